The lowest BCUT2D eigenvalue weighted by Crippen LogP contribution is -2.73. The van der Waals surface area contributed by atoms with Crippen LogP contribution in [-0.2, 0) is 36.1 Å². The minimum atomic E-state index is -4.93. The molecule has 1 aliphatic rings. The van der Waals surface area contributed by atoms with E-state index in [1.165, 1.54) is 30.2 Å². The fourth-order valence-electron chi connectivity index (χ4n) is 2.83. The van der Waals surface area contributed by atoms with E-state index >= 15 is 0 Å². The highest BCUT2D eigenvalue weighted by atomic mass is 32.2. The molecule has 18 heteroatoms. The Hall–Kier alpha value is -3.64. The van der Waals surface area contributed by atoms with Crippen molar-refractivity contribution in [3.8, 4) is 0 Å². The third-order valence-corrected chi connectivity index (χ3v) is 6.36. The van der Waals surface area contributed by atoms with Gasteiger partial charge in [0.1, 0.15) is 23.9 Å². The summed E-state index contributed by atoms with van der Waals surface area (Å²) in [6.07, 6.45) is 1.21. The number of oxime groups is 1. The van der Waals surface area contributed by atoms with E-state index in [4.69, 9.17) is 10.6 Å². The minimum absolute atomic E-state index is 0.0664. The van der Waals surface area contributed by atoms with Gasteiger partial charge in [-0.3, -0.25) is 14.1 Å². The number of carboxylic acid groups (broad SMARTS) is 1. The van der Waals surface area contributed by atoms with Crippen molar-refractivity contribution in [3.63, 3.8) is 0 Å². The van der Waals surface area contributed by atoms with E-state index in [9.17, 15) is 32.5 Å². The molecule has 34 heavy (non-hydrogen) atoms. The highest BCUT2D eigenvalue weighted by molar-refractivity contribution is 7.84. The maximum Gasteiger partial charge on any atom is 0.362 e. The summed E-state index contributed by atoms with van der Waals surface area (Å²) >= 11 is 0.966. The SMILES string of the molecule is Cc1ncnn1CC1C(NC(=O)/C(=N\OC(C)(C)C(=O)O)c2csc(N)n2)C(=O)N1S(=O)(=O)O. The number of thiazole rings is 1. The predicted octanol–water partition coefficient (Wildman–Crippen LogP) is -1.59. The van der Waals surface area contributed by atoms with Gasteiger partial charge in [0, 0.05) is 5.38 Å². The highest BCUT2D eigenvalue weighted by Crippen LogP contribution is 2.25. The monoisotopic (exact) mass is 516 g/mol. The van der Waals surface area contributed by atoms with Crippen LogP contribution in [0.2, 0.25) is 0 Å². The Bertz CT molecular complexity index is 1270. The van der Waals surface area contributed by atoms with E-state index in [0.29, 0.717) is 5.82 Å². The molecule has 2 amide bonds. The third kappa shape index (κ3) is 4.97. The van der Waals surface area contributed by atoms with Crippen LogP contribution in [0.5, 0.6) is 0 Å². The first-order valence-electron chi connectivity index (χ1n) is 9.39. The third-order valence-electron chi connectivity index (χ3n) is 4.73. The topological polar surface area (TPSA) is 232 Å². The van der Waals surface area contributed by atoms with Crippen LogP contribution in [0.15, 0.2) is 16.9 Å². The molecule has 0 aromatic carbocycles. The number of rotatable bonds is 9. The Morgan fingerprint density at radius 3 is 2.59 bits per heavy atom. The van der Waals surface area contributed by atoms with Crippen molar-refractivity contribution in [2.75, 3.05) is 5.73 Å². The van der Waals surface area contributed by atoms with Crippen molar-refractivity contribution in [2.45, 2.75) is 45.0 Å². The average Bonchev–Trinajstić information content (AvgIpc) is 3.32. The molecule has 0 aliphatic carbocycles. The van der Waals surface area contributed by atoms with Crippen LogP contribution >= 0.6 is 11.3 Å². The molecule has 0 saturated carbocycles. The second kappa shape index (κ2) is 8.95. The number of β-lactam (4-membered cyclic amide) rings is 1. The number of nitrogen functional groups attached to an aromatic ring is 1. The molecule has 2 aromatic rings. The highest BCUT2D eigenvalue weighted by Gasteiger charge is 2.54. The van der Waals surface area contributed by atoms with Gasteiger partial charge in [0.05, 0.1) is 12.6 Å². The Morgan fingerprint density at radius 1 is 1.41 bits per heavy atom. The molecule has 1 fully saturated rings. The fraction of sp³-hybridized carbons (Fsp3) is 0.438. The maximum absolute atomic E-state index is 13.0. The zero-order valence-electron chi connectivity index (χ0n) is 17.9. The number of aliphatic carboxylic acids is 1. The van der Waals surface area contributed by atoms with Crippen LogP contribution in [0.25, 0.3) is 0 Å². The lowest BCUT2D eigenvalue weighted by Gasteiger charge is -2.44. The van der Waals surface area contributed by atoms with Crippen molar-refractivity contribution < 1.29 is 37.3 Å². The number of nitrogens with two attached hydrogens (primary N) is 1. The molecular weight excluding hydrogens is 496 g/mol. The van der Waals surface area contributed by atoms with E-state index in [0.717, 1.165) is 11.3 Å². The Kier molecular flexibility index (Phi) is 6.58. The van der Waals surface area contributed by atoms with Crippen LogP contribution in [-0.4, -0.2) is 83.3 Å². The molecule has 2 atom stereocenters. The molecule has 0 radical (unpaired) electrons. The number of carbonyl (C=O) groups is 3. The van der Waals surface area contributed by atoms with Gasteiger partial charge in [0.15, 0.2) is 10.8 Å². The summed E-state index contributed by atoms with van der Waals surface area (Å²) < 4.78 is 34.3. The van der Waals surface area contributed by atoms with Crippen LogP contribution in [0.1, 0.15) is 25.4 Å². The number of hydrogen-bond donors (Lipinski definition) is 4. The number of carbonyl (C=O) groups excluding carboxylic acids is 2. The van der Waals surface area contributed by atoms with Crippen LogP contribution in [0.3, 0.4) is 0 Å². The van der Waals surface area contributed by atoms with Crippen molar-refractivity contribution in [1.82, 2.24) is 29.4 Å². The standard InChI is InChI=1S/C16H20N8O8S2/c1-7-18-6-19-23(7)4-9-11(13(26)24(9)34(29,30)31)21-12(25)10(8-5-33-15(17)20-8)22-32-16(2,3)14(27)28/h5-6,9,11H,4H2,1-3H3,(H2,17,20)(H,21,25)(H,27,28)(H,29,30,31)/b22-10-. The molecule has 16 nitrogen and oxygen atoms in total. The lowest BCUT2D eigenvalue weighted by atomic mass is 9.98. The number of carboxylic acids is 1. The molecule has 0 bridgehead atoms. The Morgan fingerprint density at radius 2 is 2.09 bits per heavy atom. The number of aryl methyl sites for hydroxylation is 1. The second-order valence-electron chi connectivity index (χ2n) is 7.54. The molecule has 5 N–H and O–H groups in total. The van der Waals surface area contributed by atoms with Crippen molar-refractivity contribution in [3.05, 3.63) is 23.2 Å². The van der Waals surface area contributed by atoms with E-state index in [-0.39, 0.29) is 21.7 Å². The quantitative estimate of drug-likeness (QED) is 0.128. The first-order valence-corrected chi connectivity index (χ1v) is 11.7. The van der Waals surface area contributed by atoms with Crippen LogP contribution in [0, 0.1) is 6.92 Å². The summed E-state index contributed by atoms with van der Waals surface area (Å²) in [6.45, 7) is 3.75. The number of aromatic nitrogens is 4. The maximum atomic E-state index is 13.0. The van der Waals surface area contributed by atoms with Gasteiger partial charge in [-0.05, 0) is 20.8 Å². The van der Waals surface area contributed by atoms with Gasteiger partial charge >= 0.3 is 16.3 Å². The van der Waals surface area contributed by atoms with Gasteiger partial charge in [-0.25, -0.2) is 23.7 Å². The predicted molar refractivity (Wildman–Crippen MR) is 115 cm³/mol. The summed E-state index contributed by atoms with van der Waals surface area (Å²) in [6, 6.07) is -2.66. The van der Waals surface area contributed by atoms with E-state index < -0.39 is 51.5 Å². The number of amides is 2. The Balaban J connectivity index is 1.90. The molecule has 3 rings (SSSR count). The second-order valence-corrected chi connectivity index (χ2v) is 9.72. The number of nitrogens with one attached hydrogen (secondary N) is 1. The first kappa shape index (κ1) is 25.0. The summed E-state index contributed by atoms with van der Waals surface area (Å²) in [5, 5.41) is 20.5. The zero-order chi connectivity index (χ0) is 25.4. The van der Waals surface area contributed by atoms with Gasteiger partial charge in [-0.2, -0.15) is 13.5 Å². The van der Waals surface area contributed by atoms with Gasteiger partial charge < -0.3 is 21.0 Å². The smallest absolute Gasteiger partial charge is 0.362 e. The molecule has 2 unspecified atom stereocenters. The minimum Gasteiger partial charge on any atom is -0.478 e. The van der Waals surface area contributed by atoms with Gasteiger partial charge in [-0.15, -0.1) is 11.3 Å². The molecule has 2 aromatic heterocycles. The molecule has 3 heterocycles. The van der Waals surface area contributed by atoms with Crippen LogP contribution in [0.4, 0.5) is 5.13 Å². The summed E-state index contributed by atoms with van der Waals surface area (Å²) in [5.41, 5.74) is 3.22. The first-order chi connectivity index (χ1) is 15.7. The van der Waals surface area contributed by atoms with Gasteiger partial charge in [-0.1, -0.05) is 5.16 Å². The Labute approximate surface area is 196 Å². The average molecular weight is 517 g/mol. The summed E-state index contributed by atoms with van der Waals surface area (Å²) in [4.78, 5) is 49.6. The fourth-order valence-corrected chi connectivity index (χ4v) is 4.25. The largest absolute Gasteiger partial charge is 0.478 e. The molecule has 0 spiro atoms. The lowest BCUT2D eigenvalue weighted by molar-refractivity contribution is -0.161. The number of anilines is 1. The van der Waals surface area contributed by atoms with Crippen molar-refractivity contribution in [1.29, 1.82) is 0 Å². The van der Waals surface area contributed by atoms with Gasteiger partial charge in [0.25, 0.3) is 11.8 Å². The molecule has 184 valence electrons. The molecule has 1 saturated heterocycles. The normalized spacial score (nSPS) is 19.0. The molecular formula is C16H20N8O8S2. The van der Waals surface area contributed by atoms with E-state index in [2.05, 4.69) is 25.5 Å². The van der Waals surface area contributed by atoms with Crippen molar-refractivity contribution >= 4 is 50.3 Å². The van der Waals surface area contributed by atoms with Gasteiger partial charge in [0.2, 0.25) is 5.60 Å². The zero-order valence-corrected chi connectivity index (χ0v) is 19.6. The summed E-state index contributed by atoms with van der Waals surface area (Å²) in [5.74, 6) is -3.11. The van der Waals surface area contributed by atoms with Crippen LogP contribution < -0.4 is 11.1 Å². The summed E-state index contributed by atoms with van der Waals surface area (Å²) in [7, 11) is -4.93. The van der Waals surface area contributed by atoms with E-state index in [1.807, 2.05) is 0 Å². The molecule has 1 aliphatic heterocycles. The van der Waals surface area contributed by atoms with Crippen molar-refractivity contribution in [2.24, 2.45) is 5.16 Å². The van der Waals surface area contributed by atoms with E-state index in [1.54, 1.807) is 6.92 Å². The number of nitrogens with zero attached hydrogens (tertiary/aromatic N) is 6. The number of hydrogen-bond acceptors (Lipinski definition) is 12.